The minimum atomic E-state index is -4.37. The maximum absolute atomic E-state index is 11.2. The normalized spacial score (nSPS) is 17.1. The van der Waals surface area contributed by atoms with E-state index in [0.29, 0.717) is 11.8 Å². The van der Waals surface area contributed by atoms with E-state index in [-0.39, 0.29) is 45.7 Å². The van der Waals surface area contributed by atoms with Gasteiger partial charge in [0.25, 0.3) is 10.1 Å². The molecule has 0 amide bonds. The van der Waals surface area contributed by atoms with E-state index in [1.165, 1.54) is 30.4 Å². The van der Waals surface area contributed by atoms with Crippen molar-refractivity contribution in [3.8, 4) is 0 Å². The van der Waals surface area contributed by atoms with Crippen LogP contribution in [0.4, 0.5) is 0 Å². The van der Waals surface area contributed by atoms with E-state index < -0.39 is 16.0 Å². The second-order valence-electron chi connectivity index (χ2n) is 3.71. The van der Waals surface area contributed by atoms with Crippen LogP contribution in [-0.2, 0) is 14.9 Å². The van der Waals surface area contributed by atoms with Gasteiger partial charge in [0.1, 0.15) is 17.1 Å². The Morgan fingerprint density at radius 3 is 2.53 bits per heavy atom. The van der Waals surface area contributed by atoms with Crippen molar-refractivity contribution in [2.24, 2.45) is 0 Å². The molecule has 1 N–H and O–H groups in total. The monoisotopic (exact) mass is 287 g/mol. The molecule has 0 fully saturated rings. The Hall–Kier alpha value is -1.08. The molecule has 0 saturated heterocycles. The molecule has 1 radical (unpaired) electrons. The summed E-state index contributed by atoms with van der Waals surface area (Å²) < 4.78 is 31.5. The Labute approximate surface area is 131 Å². The van der Waals surface area contributed by atoms with Crippen LogP contribution >= 0.6 is 0 Å². The average molecular weight is 287 g/mol. The molecule has 0 saturated carbocycles. The number of hydrogen-bond donors (Lipinski definition) is 1. The number of carbonyl (C=O) groups is 1. The van der Waals surface area contributed by atoms with Crippen molar-refractivity contribution < 1.29 is 22.6 Å². The standard InChI is InChI=1S/C11H8N2O4S.Na/c12-13-10-5-4-8-7(9(10)6-14)2-1-3-11(8)18(15,16)17;/h1-6,9H,(H,15,16,17);. The van der Waals surface area contributed by atoms with Gasteiger partial charge in [-0.2, -0.15) is 13.2 Å². The summed E-state index contributed by atoms with van der Waals surface area (Å²) in [5, 5.41) is 0. The average Bonchev–Trinajstić information content (AvgIpc) is 2.35. The predicted molar refractivity (Wildman–Crippen MR) is 68.5 cm³/mol. The number of allylic oxidation sites excluding steroid dienone is 1. The molecule has 1 aromatic carbocycles. The van der Waals surface area contributed by atoms with Crippen LogP contribution < -0.4 is 0 Å². The quantitative estimate of drug-likeness (QED) is 0.281. The largest absolute Gasteiger partial charge is 0.361 e. The summed E-state index contributed by atoms with van der Waals surface area (Å²) in [5.41, 5.74) is 9.47. The molecule has 0 bridgehead atoms. The van der Waals surface area contributed by atoms with Crippen LogP contribution in [0, 0.1) is 0 Å². The Bertz CT molecular complexity index is 705. The zero-order valence-electron chi connectivity index (χ0n) is 10.0. The van der Waals surface area contributed by atoms with Crippen LogP contribution in [0.5, 0.6) is 0 Å². The maximum Gasteiger partial charge on any atom is 0.306 e. The summed E-state index contributed by atoms with van der Waals surface area (Å²) in [5.74, 6) is -0.850. The second-order valence-corrected chi connectivity index (χ2v) is 5.10. The van der Waals surface area contributed by atoms with Gasteiger partial charge in [-0.15, -0.1) is 0 Å². The van der Waals surface area contributed by atoms with Gasteiger partial charge in [0.05, 0.1) is 0 Å². The number of nitrogens with zero attached hydrogens (tertiary/aromatic N) is 2. The first kappa shape index (κ1) is 16.0. The van der Waals surface area contributed by atoms with E-state index in [4.69, 9.17) is 10.1 Å². The van der Waals surface area contributed by atoms with Crippen molar-refractivity contribution in [1.82, 2.24) is 0 Å². The maximum atomic E-state index is 11.2. The summed E-state index contributed by atoms with van der Waals surface area (Å²) in [4.78, 5) is 13.7. The third-order valence-corrected chi connectivity index (χ3v) is 3.62. The SMILES string of the molecule is [N-]=[N+]=C1C=Cc2c(cccc2S(=O)(=O)O)C1C=O.[Na]. The van der Waals surface area contributed by atoms with Gasteiger partial charge >= 0.3 is 5.71 Å². The van der Waals surface area contributed by atoms with Gasteiger partial charge in [-0.3, -0.25) is 4.55 Å². The molecule has 1 aliphatic carbocycles. The number of aldehydes is 1. The Kier molecular flexibility index (Phi) is 4.98. The molecular weight excluding hydrogens is 279 g/mol. The fraction of sp³-hybridized carbons (Fsp3) is 0.0909. The van der Waals surface area contributed by atoms with Crippen LogP contribution in [0.3, 0.4) is 0 Å². The number of fused-ring (bicyclic) bond motifs is 1. The molecule has 93 valence electrons. The summed E-state index contributed by atoms with van der Waals surface area (Å²) in [7, 11) is -4.37. The number of carbonyl (C=O) groups excluding carboxylic acids is 1. The van der Waals surface area contributed by atoms with E-state index in [2.05, 4.69) is 4.79 Å². The van der Waals surface area contributed by atoms with E-state index in [0.717, 1.165) is 0 Å². The first-order valence-electron chi connectivity index (χ1n) is 4.94. The second kappa shape index (κ2) is 5.92. The van der Waals surface area contributed by atoms with Crippen molar-refractivity contribution >= 4 is 57.7 Å². The molecule has 0 aliphatic heterocycles. The molecule has 0 spiro atoms. The molecule has 0 heterocycles. The van der Waals surface area contributed by atoms with Crippen molar-refractivity contribution in [3.63, 3.8) is 0 Å². The summed E-state index contributed by atoms with van der Waals surface area (Å²) in [6, 6.07) is 4.19. The van der Waals surface area contributed by atoms with Crippen LogP contribution in [0.15, 0.2) is 29.2 Å². The third-order valence-electron chi connectivity index (χ3n) is 2.70. The van der Waals surface area contributed by atoms with Crippen LogP contribution in [0.25, 0.3) is 11.6 Å². The van der Waals surface area contributed by atoms with Crippen LogP contribution in [0.1, 0.15) is 17.0 Å². The van der Waals surface area contributed by atoms with Gasteiger partial charge in [0, 0.05) is 41.2 Å². The number of rotatable bonds is 2. The van der Waals surface area contributed by atoms with Gasteiger partial charge in [-0.05, 0) is 17.7 Å². The Balaban J connectivity index is 0.00000180. The first-order valence-corrected chi connectivity index (χ1v) is 6.38. The number of benzene rings is 1. The van der Waals surface area contributed by atoms with E-state index in [1.807, 2.05) is 0 Å². The first-order chi connectivity index (χ1) is 8.49. The van der Waals surface area contributed by atoms with Crippen molar-refractivity contribution in [2.75, 3.05) is 0 Å². The summed E-state index contributed by atoms with van der Waals surface area (Å²) >= 11 is 0. The third kappa shape index (κ3) is 2.92. The smallest absolute Gasteiger partial charge is 0.306 e. The molecule has 1 aromatic rings. The molecule has 1 unspecified atom stereocenters. The van der Waals surface area contributed by atoms with E-state index in [1.54, 1.807) is 0 Å². The number of hydrogen-bond acceptors (Lipinski definition) is 3. The van der Waals surface area contributed by atoms with Gasteiger partial charge in [0.2, 0.25) is 0 Å². The molecule has 2 rings (SSSR count). The van der Waals surface area contributed by atoms with Gasteiger partial charge < -0.3 is 10.3 Å². The topological polar surface area (TPSA) is 108 Å². The minimum absolute atomic E-state index is 0. The van der Waals surface area contributed by atoms with Crippen LogP contribution in [-0.4, -0.2) is 59.3 Å². The minimum Gasteiger partial charge on any atom is -0.361 e. The van der Waals surface area contributed by atoms with Crippen LogP contribution in [0.2, 0.25) is 0 Å². The zero-order chi connectivity index (χ0) is 13.3. The molecule has 8 heteroatoms. The zero-order valence-corrected chi connectivity index (χ0v) is 12.8. The fourth-order valence-corrected chi connectivity index (χ4v) is 2.62. The Morgan fingerprint density at radius 1 is 1.32 bits per heavy atom. The molecular formula is C11H8N2NaO4S. The van der Waals surface area contributed by atoms with Crippen molar-refractivity contribution in [3.05, 3.63) is 40.9 Å². The summed E-state index contributed by atoms with van der Waals surface area (Å²) in [6.07, 6.45) is 3.26. The predicted octanol–water partition coefficient (Wildman–Crippen LogP) is 0.533. The van der Waals surface area contributed by atoms with E-state index >= 15 is 0 Å². The van der Waals surface area contributed by atoms with Gasteiger partial charge in [-0.1, -0.05) is 12.1 Å². The molecule has 19 heavy (non-hydrogen) atoms. The van der Waals surface area contributed by atoms with E-state index in [9.17, 15) is 13.2 Å². The Morgan fingerprint density at radius 2 is 2.00 bits per heavy atom. The van der Waals surface area contributed by atoms with Crippen molar-refractivity contribution in [1.29, 1.82) is 0 Å². The van der Waals surface area contributed by atoms with Gasteiger partial charge in [0.15, 0.2) is 0 Å². The molecule has 1 aliphatic rings. The molecule has 6 nitrogen and oxygen atoms in total. The van der Waals surface area contributed by atoms with Gasteiger partial charge in [-0.25, -0.2) is 0 Å². The molecule has 0 aromatic heterocycles. The summed E-state index contributed by atoms with van der Waals surface area (Å²) in [6.45, 7) is 0. The van der Waals surface area contributed by atoms with Crippen molar-refractivity contribution in [2.45, 2.75) is 10.8 Å². The fourth-order valence-electron chi connectivity index (χ4n) is 1.91. The molecule has 1 atom stereocenters.